The van der Waals surface area contributed by atoms with E-state index in [-0.39, 0.29) is 11.5 Å². The zero-order valence-electron chi connectivity index (χ0n) is 13.8. The van der Waals surface area contributed by atoms with Crippen LogP contribution in [0.1, 0.15) is 30.1 Å². The molecule has 128 valence electrons. The molecular formula is C18H19N5O2. The summed E-state index contributed by atoms with van der Waals surface area (Å²) in [5, 5.41) is 0.589. The molecule has 7 heteroatoms. The van der Waals surface area contributed by atoms with E-state index in [0.717, 1.165) is 17.8 Å². The van der Waals surface area contributed by atoms with Crippen LogP contribution in [0, 0.1) is 0 Å². The van der Waals surface area contributed by atoms with Crippen molar-refractivity contribution in [2.24, 2.45) is 0 Å². The molecular weight excluding hydrogens is 318 g/mol. The highest BCUT2D eigenvalue weighted by atomic mass is 16.2. The highest BCUT2D eigenvalue weighted by Gasteiger charge is 2.21. The number of rotatable bonds is 4. The minimum atomic E-state index is -0.130. The molecule has 1 amide bonds. The monoisotopic (exact) mass is 337 g/mol. The molecule has 3 heterocycles. The Morgan fingerprint density at radius 1 is 1.28 bits per heavy atom. The van der Waals surface area contributed by atoms with E-state index in [0.29, 0.717) is 49.1 Å². The Bertz CT molecular complexity index is 975. The first kappa shape index (κ1) is 15.6. The van der Waals surface area contributed by atoms with Crippen LogP contribution in [0.5, 0.6) is 0 Å². The molecule has 1 aliphatic heterocycles. The van der Waals surface area contributed by atoms with Crippen molar-refractivity contribution in [1.82, 2.24) is 24.8 Å². The molecule has 25 heavy (non-hydrogen) atoms. The summed E-state index contributed by atoms with van der Waals surface area (Å²) in [6.07, 6.45) is 4.16. The fourth-order valence-corrected chi connectivity index (χ4v) is 3.24. The summed E-state index contributed by atoms with van der Waals surface area (Å²) in [5.74, 6) is 0.759. The molecule has 2 N–H and O–H groups in total. The lowest BCUT2D eigenvalue weighted by atomic mass is 10.1. The molecule has 7 nitrogen and oxygen atoms in total. The maximum Gasteiger partial charge on any atom is 0.258 e. The van der Waals surface area contributed by atoms with Gasteiger partial charge in [-0.05, 0) is 18.6 Å². The van der Waals surface area contributed by atoms with Crippen molar-refractivity contribution in [2.75, 3.05) is 6.54 Å². The summed E-state index contributed by atoms with van der Waals surface area (Å²) in [4.78, 5) is 40.9. The number of aromatic amines is 2. The van der Waals surface area contributed by atoms with E-state index in [2.05, 4.69) is 19.9 Å². The molecule has 1 aromatic carbocycles. The van der Waals surface area contributed by atoms with E-state index in [9.17, 15) is 9.59 Å². The second-order valence-electron chi connectivity index (χ2n) is 6.28. The van der Waals surface area contributed by atoms with Crippen LogP contribution < -0.4 is 5.56 Å². The molecule has 0 saturated carbocycles. The molecule has 3 aromatic rings. The van der Waals surface area contributed by atoms with Crippen LogP contribution in [0.25, 0.3) is 10.9 Å². The number of imidazole rings is 1. The van der Waals surface area contributed by atoms with Crippen LogP contribution in [0.2, 0.25) is 0 Å². The number of fused-ring (bicyclic) bond motifs is 2. The van der Waals surface area contributed by atoms with Crippen LogP contribution in [0.3, 0.4) is 0 Å². The third-order valence-corrected chi connectivity index (χ3v) is 4.59. The maximum atomic E-state index is 12.4. The van der Waals surface area contributed by atoms with Gasteiger partial charge in [-0.2, -0.15) is 0 Å². The Morgan fingerprint density at radius 2 is 2.16 bits per heavy atom. The number of benzene rings is 1. The van der Waals surface area contributed by atoms with Crippen LogP contribution in [0.15, 0.2) is 35.4 Å². The summed E-state index contributed by atoms with van der Waals surface area (Å²) in [6.45, 7) is 1.31. The largest absolute Gasteiger partial charge is 0.347 e. The number of carbonyl (C=O) groups is 1. The summed E-state index contributed by atoms with van der Waals surface area (Å²) >= 11 is 0. The Morgan fingerprint density at radius 3 is 3.08 bits per heavy atom. The van der Waals surface area contributed by atoms with Crippen molar-refractivity contribution >= 4 is 16.8 Å². The number of aryl methyl sites for hydroxylation is 1. The Labute approximate surface area is 144 Å². The first-order chi connectivity index (χ1) is 12.2. The van der Waals surface area contributed by atoms with Gasteiger partial charge in [0.05, 0.1) is 35.2 Å². The molecule has 0 radical (unpaired) electrons. The van der Waals surface area contributed by atoms with Gasteiger partial charge >= 0.3 is 0 Å². The van der Waals surface area contributed by atoms with E-state index in [4.69, 9.17) is 0 Å². The van der Waals surface area contributed by atoms with E-state index in [1.165, 1.54) is 0 Å². The topological polar surface area (TPSA) is 94.7 Å². The van der Waals surface area contributed by atoms with Crippen molar-refractivity contribution in [3.05, 3.63) is 58.2 Å². The first-order valence-electron chi connectivity index (χ1n) is 8.47. The van der Waals surface area contributed by atoms with Gasteiger partial charge in [0, 0.05) is 25.8 Å². The van der Waals surface area contributed by atoms with Gasteiger partial charge in [0.15, 0.2) is 0 Å². The Balaban J connectivity index is 1.36. The average Bonchev–Trinajstić information content (AvgIpc) is 3.09. The first-order valence-corrected chi connectivity index (χ1v) is 8.47. The quantitative estimate of drug-likeness (QED) is 0.755. The Hall–Kier alpha value is -2.96. The normalized spacial score (nSPS) is 13.8. The van der Waals surface area contributed by atoms with E-state index < -0.39 is 0 Å². The second kappa shape index (κ2) is 6.51. The Kier molecular flexibility index (Phi) is 4.05. The summed E-state index contributed by atoms with van der Waals surface area (Å²) < 4.78 is 0. The number of aromatic nitrogens is 4. The fraction of sp³-hybridized carbons (Fsp3) is 0.333. The molecule has 0 spiro atoms. The minimum Gasteiger partial charge on any atom is -0.347 e. The number of para-hydroxylation sites is 1. The van der Waals surface area contributed by atoms with E-state index in [1.807, 2.05) is 23.1 Å². The predicted molar refractivity (Wildman–Crippen MR) is 93.0 cm³/mol. The summed E-state index contributed by atoms with van der Waals surface area (Å²) in [5.41, 5.74) is 2.65. The van der Waals surface area contributed by atoms with Gasteiger partial charge in [0.2, 0.25) is 5.91 Å². The van der Waals surface area contributed by atoms with Crippen LogP contribution in [-0.4, -0.2) is 37.3 Å². The minimum absolute atomic E-state index is 0.128. The molecule has 0 saturated heterocycles. The maximum absolute atomic E-state index is 12.4. The second-order valence-corrected chi connectivity index (χ2v) is 6.28. The van der Waals surface area contributed by atoms with Crippen molar-refractivity contribution in [3.63, 3.8) is 0 Å². The number of hydrogen-bond acceptors (Lipinski definition) is 4. The van der Waals surface area contributed by atoms with Gasteiger partial charge in [0.1, 0.15) is 5.82 Å². The van der Waals surface area contributed by atoms with Crippen molar-refractivity contribution in [2.45, 2.75) is 32.2 Å². The number of nitrogens with zero attached hydrogens (tertiary/aromatic N) is 3. The van der Waals surface area contributed by atoms with E-state index >= 15 is 0 Å². The van der Waals surface area contributed by atoms with Crippen molar-refractivity contribution < 1.29 is 4.79 Å². The van der Waals surface area contributed by atoms with Gasteiger partial charge in [-0.3, -0.25) is 9.59 Å². The summed E-state index contributed by atoms with van der Waals surface area (Å²) in [7, 11) is 0. The number of nitrogens with one attached hydrogen (secondary N) is 2. The van der Waals surface area contributed by atoms with Crippen molar-refractivity contribution in [1.29, 1.82) is 0 Å². The standard InChI is InChI=1S/C18H19N5O2/c24-17(23-9-8-14-15(10-23)20-11-19-14)7-3-6-16-21-13-5-2-1-4-12(13)18(25)22-16/h1-2,4-5,11H,3,6-10H2,(H,19,20)(H,21,22,25). The third kappa shape index (κ3) is 3.17. The van der Waals surface area contributed by atoms with Gasteiger partial charge in [-0.15, -0.1) is 0 Å². The third-order valence-electron chi connectivity index (χ3n) is 4.59. The molecule has 0 fully saturated rings. The number of amides is 1. The number of hydrogen-bond donors (Lipinski definition) is 2. The lowest BCUT2D eigenvalue weighted by Crippen LogP contribution is -2.36. The van der Waals surface area contributed by atoms with Gasteiger partial charge < -0.3 is 14.9 Å². The fourth-order valence-electron chi connectivity index (χ4n) is 3.24. The lowest BCUT2D eigenvalue weighted by Gasteiger charge is -2.26. The van der Waals surface area contributed by atoms with Gasteiger partial charge in [0.25, 0.3) is 5.56 Å². The zero-order valence-corrected chi connectivity index (χ0v) is 13.8. The smallest absolute Gasteiger partial charge is 0.258 e. The SMILES string of the molecule is O=C(CCCc1nc2ccccc2c(=O)[nH]1)N1CCc2nc[nH]c2C1. The zero-order chi connectivity index (χ0) is 17.2. The molecule has 4 rings (SSSR count). The molecule has 0 unspecified atom stereocenters. The molecule has 0 atom stereocenters. The van der Waals surface area contributed by atoms with Gasteiger partial charge in [-0.1, -0.05) is 12.1 Å². The molecule has 0 aliphatic carbocycles. The summed E-state index contributed by atoms with van der Waals surface area (Å²) in [6, 6.07) is 7.27. The van der Waals surface area contributed by atoms with Crippen LogP contribution in [-0.2, 0) is 24.2 Å². The predicted octanol–water partition coefficient (Wildman–Crippen LogP) is 1.55. The van der Waals surface area contributed by atoms with Crippen LogP contribution >= 0.6 is 0 Å². The van der Waals surface area contributed by atoms with Crippen LogP contribution in [0.4, 0.5) is 0 Å². The van der Waals surface area contributed by atoms with E-state index in [1.54, 1.807) is 12.4 Å². The lowest BCUT2D eigenvalue weighted by molar-refractivity contribution is -0.132. The van der Waals surface area contributed by atoms with Crippen molar-refractivity contribution in [3.8, 4) is 0 Å². The molecule has 1 aliphatic rings. The molecule has 0 bridgehead atoms. The number of carbonyl (C=O) groups excluding carboxylic acids is 1. The average molecular weight is 337 g/mol. The highest BCUT2D eigenvalue weighted by Crippen LogP contribution is 2.16. The highest BCUT2D eigenvalue weighted by molar-refractivity contribution is 5.77. The van der Waals surface area contributed by atoms with Gasteiger partial charge in [-0.25, -0.2) is 9.97 Å². The number of H-pyrrole nitrogens is 2. The molecule has 2 aromatic heterocycles.